The molecule has 4 unspecified atom stereocenters. The molecule has 0 aromatic heterocycles. The van der Waals surface area contributed by atoms with Crippen LogP contribution >= 0.6 is 207 Å². The first kappa shape index (κ1) is 37.6. The fraction of sp³-hybridized carbons (Fsp3) is 0.167. The van der Waals surface area contributed by atoms with Crippen LogP contribution in [0, 0.1) is 0 Å². The lowest BCUT2D eigenvalue weighted by Gasteiger charge is -2.46. The Hall–Kier alpha value is 2.74. The molecule has 0 radical (unpaired) electrons. The van der Waals surface area contributed by atoms with E-state index >= 15 is 0 Å². The van der Waals surface area contributed by atoms with Crippen molar-refractivity contribution in [3.05, 3.63) is 106 Å². The van der Waals surface area contributed by atoms with E-state index < -0.39 is 20.2 Å². The van der Waals surface area contributed by atoms with E-state index in [1.807, 2.05) is 0 Å². The Kier molecular flexibility index (Phi) is 12.8. The van der Waals surface area contributed by atoms with Gasteiger partial charge in [0.2, 0.25) is 0 Å². The van der Waals surface area contributed by atoms with Gasteiger partial charge in [-0.3, -0.25) is 0 Å². The van der Waals surface area contributed by atoms with E-state index in [0.717, 1.165) is 21.6 Å². The summed E-state index contributed by atoms with van der Waals surface area (Å²) in [5.74, 6) is 0. The highest BCUT2D eigenvalue weighted by Gasteiger charge is 2.58. The van der Waals surface area contributed by atoms with Crippen molar-refractivity contribution >= 4 is 207 Å². The van der Waals surface area contributed by atoms with Gasteiger partial charge < -0.3 is 0 Å². The first-order valence-electron chi connectivity index (χ1n) is 10.6. The largest absolute Gasteiger partial charge is 0.114 e. The van der Waals surface area contributed by atoms with Crippen molar-refractivity contribution in [1.29, 1.82) is 0 Å². The van der Waals surface area contributed by atoms with Gasteiger partial charge in [0, 0.05) is 41.3 Å². The van der Waals surface area contributed by atoms with Gasteiger partial charge in [0.25, 0.3) is 0 Å². The fourth-order valence-corrected chi connectivity index (χ4v) is 15.0. The second-order valence-corrected chi connectivity index (χ2v) is 17.5. The maximum absolute atomic E-state index is 7.04. The Morgan fingerprint density at radius 1 is 0.429 bits per heavy atom. The molecule has 0 fully saturated rings. The third kappa shape index (κ3) is 6.18. The van der Waals surface area contributed by atoms with Crippen molar-refractivity contribution in [3.8, 4) is 0 Å². The summed E-state index contributed by atoms with van der Waals surface area (Å²) in [4.78, 5) is 0. The number of alkyl halides is 2. The molecule has 0 spiro atoms. The van der Waals surface area contributed by atoms with Gasteiger partial charge in [-0.25, -0.2) is 0 Å². The number of rotatable bonds is 5. The molecule has 4 atom stereocenters. The maximum Gasteiger partial charge on any atom is 0.112 e. The topological polar surface area (TPSA) is 0 Å². The van der Waals surface area contributed by atoms with Crippen molar-refractivity contribution in [3.63, 3.8) is 0 Å². The second-order valence-electron chi connectivity index (χ2n) is 8.43. The summed E-state index contributed by atoms with van der Waals surface area (Å²) in [6.07, 6.45) is 0. The second kappa shape index (κ2) is 14.3. The summed E-state index contributed by atoms with van der Waals surface area (Å²) in [6.45, 7) is 0. The minimum Gasteiger partial charge on any atom is -0.114 e. The predicted octanol–water partition coefficient (Wildman–Crippen LogP) is 16.1. The van der Waals surface area contributed by atoms with Crippen LogP contribution in [0.3, 0.4) is 0 Å². The van der Waals surface area contributed by atoms with Crippen LogP contribution < -0.4 is 0 Å². The third-order valence-electron chi connectivity index (χ3n) is 6.06. The van der Waals surface area contributed by atoms with Crippen LogP contribution in [0.25, 0.3) is 0 Å². The van der Waals surface area contributed by atoms with Gasteiger partial charge in [0.15, 0.2) is 0 Å². The zero-order chi connectivity index (χ0) is 31.6. The SMILES string of the molecule is ClC1=C(Cl)C(Cl)C(SSC2(c3c(Cl)cc(Cl)cc3Cl)C(Cl)=C(Cl)C(Cl)=C(Cl)C2Cl)(c2c(Cl)cc(Cl)cc2Cl)C(Cl)=C1Cl. The average Bonchev–Trinajstić information content (AvgIpc) is 2.91. The zero-order valence-electron chi connectivity index (χ0n) is 19.3. The van der Waals surface area contributed by atoms with Crippen molar-refractivity contribution in [2.24, 2.45) is 0 Å². The van der Waals surface area contributed by atoms with Crippen LogP contribution in [0.5, 0.6) is 0 Å². The molecule has 0 heterocycles. The first-order valence-corrected chi connectivity index (χ1v) is 18.9. The van der Waals surface area contributed by atoms with E-state index in [0.29, 0.717) is 0 Å². The van der Waals surface area contributed by atoms with Gasteiger partial charge in [-0.15, -0.1) is 23.2 Å². The number of allylic oxidation sites excluding steroid dienone is 6. The lowest BCUT2D eigenvalue weighted by Crippen LogP contribution is -2.41. The molecular weight excluding hydrogens is 920 g/mol. The Bertz CT molecular complexity index is 1460. The molecule has 18 heteroatoms. The molecule has 0 nitrogen and oxygen atoms in total. The molecule has 2 aliphatic carbocycles. The van der Waals surface area contributed by atoms with Crippen LogP contribution in [-0.4, -0.2) is 10.8 Å². The van der Waals surface area contributed by atoms with Crippen LogP contribution in [0.4, 0.5) is 0 Å². The molecule has 2 aliphatic rings. The Labute approximate surface area is 329 Å². The highest BCUT2D eigenvalue weighted by Crippen LogP contribution is 2.71. The van der Waals surface area contributed by atoms with E-state index in [1.54, 1.807) is 0 Å². The molecule has 0 N–H and O–H groups in total. The van der Waals surface area contributed by atoms with Gasteiger partial charge in [-0.1, -0.05) is 184 Å². The van der Waals surface area contributed by atoms with Crippen molar-refractivity contribution in [1.82, 2.24) is 0 Å². The van der Waals surface area contributed by atoms with Gasteiger partial charge in [0.1, 0.15) is 9.49 Å². The predicted molar refractivity (Wildman–Crippen MR) is 196 cm³/mol. The number of hydrogen-bond acceptors (Lipinski definition) is 2. The normalized spacial score (nSPS) is 27.0. The monoisotopic (exact) mass is 917 g/mol. The van der Waals surface area contributed by atoms with E-state index in [4.69, 9.17) is 186 Å². The van der Waals surface area contributed by atoms with Crippen molar-refractivity contribution in [2.45, 2.75) is 20.2 Å². The number of benzene rings is 2. The zero-order valence-corrected chi connectivity index (χ0v) is 33.1. The molecule has 226 valence electrons. The molecule has 4 rings (SSSR count). The molecule has 0 saturated heterocycles. The van der Waals surface area contributed by atoms with Crippen LogP contribution in [0.2, 0.25) is 30.1 Å². The van der Waals surface area contributed by atoms with E-state index in [9.17, 15) is 0 Å². The molecule has 2 aromatic rings. The Balaban J connectivity index is 2.08. The first-order chi connectivity index (χ1) is 19.4. The highest BCUT2D eigenvalue weighted by molar-refractivity contribution is 8.77. The number of halogens is 16. The summed E-state index contributed by atoms with van der Waals surface area (Å²) >= 11 is 107. The summed E-state index contributed by atoms with van der Waals surface area (Å²) in [5.41, 5.74) is 0.406. The smallest absolute Gasteiger partial charge is 0.112 e. The quantitative estimate of drug-likeness (QED) is 0.216. The van der Waals surface area contributed by atoms with Crippen LogP contribution in [-0.2, 0) is 9.49 Å². The molecule has 0 bridgehead atoms. The molecule has 0 saturated carbocycles. The lowest BCUT2D eigenvalue weighted by atomic mass is 9.89. The average molecular weight is 926 g/mol. The lowest BCUT2D eigenvalue weighted by molar-refractivity contribution is 0.754. The standard InChI is InChI=1S/C24H6Cl16S2/c25-5-1-7(27)11(8(28)2-5)23(19(37)15(33)13(31)16(34)20(23)38)41-42-24(12-9(29)3-6(26)4-10(12)30)21(39)17(35)14(32)18(36)22(24)40/h1-4,19,21H. The molecule has 42 heavy (non-hydrogen) atoms. The molecule has 0 amide bonds. The molecular formula is C24H6Cl16S2. The van der Waals surface area contributed by atoms with Gasteiger partial charge in [-0.2, -0.15) is 0 Å². The van der Waals surface area contributed by atoms with E-state index in [-0.39, 0.29) is 81.5 Å². The van der Waals surface area contributed by atoms with Crippen LogP contribution in [0.1, 0.15) is 11.1 Å². The minimum absolute atomic E-state index is 0.0498. The van der Waals surface area contributed by atoms with Crippen molar-refractivity contribution in [2.75, 3.05) is 0 Å². The Morgan fingerprint density at radius 3 is 0.952 bits per heavy atom. The summed E-state index contributed by atoms with van der Waals surface area (Å²) in [5, 5.41) is -2.23. The summed E-state index contributed by atoms with van der Waals surface area (Å²) < 4.78 is -3.32. The van der Waals surface area contributed by atoms with E-state index in [1.165, 1.54) is 24.3 Å². The maximum atomic E-state index is 7.04. The number of hydrogen-bond donors (Lipinski definition) is 0. The molecule has 0 aliphatic heterocycles. The highest BCUT2D eigenvalue weighted by atomic mass is 35.5. The van der Waals surface area contributed by atoms with Crippen molar-refractivity contribution < 1.29 is 0 Å². The Morgan fingerprint density at radius 2 is 0.690 bits per heavy atom. The summed E-state index contributed by atoms with van der Waals surface area (Å²) in [7, 11) is 1.95. The minimum atomic E-state index is -1.66. The van der Waals surface area contributed by atoms with Gasteiger partial charge in [0.05, 0.1) is 51.0 Å². The van der Waals surface area contributed by atoms with Gasteiger partial charge in [-0.05, 0) is 24.3 Å². The fourth-order valence-electron chi connectivity index (χ4n) is 4.17. The third-order valence-corrected chi connectivity index (χ3v) is 17.1. The van der Waals surface area contributed by atoms with Crippen LogP contribution in [0.15, 0.2) is 64.5 Å². The molecule has 2 aromatic carbocycles. The van der Waals surface area contributed by atoms with Gasteiger partial charge >= 0.3 is 0 Å². The van der Waals surface area contributed by atoms with E-state index in [2.05, 4.69) is 0 Å². The summed E-state index contributed by atoms with van der Waals surface area (Å²) in [6, 6.07) is 5.79.